The van der Waals surface area contributed by atoms with E-state index in [1.54, 1.807) is 7.11 Å². The maximum atomic E-state index is 12.8. The van der Waals surface area contributed by atoms with Crippen molar-refractivity contribution in [2.45, 2.75) is 18.9 Å². The second-order valence-corrected chi connectivity index (χ2v) is 5.97. The van der Waals surface area contributed by atoms with E-state index in [4.69, 9.17) is 9.47 Å². The van der Waals surface area contributed by atoms with Crippen LogP contribution in [0, 0.1) is 0 Å². The molecule has 1 heterocycles. The van der Waals surface area contributed by atoms with Gasteiger partial charge >= 0.3 is 0 Å². The molecule has 3 rings (SSSR count). The zero-order valence-electron chi connectivity index (χ0n) is 14.0. The molecule has 1 saturated heterocycles. The Morgan fingerprint density at radius 3 is 2.71 bits per heavy atom. The summed E-state index contributed by atoms with van der Waals surface area (Å²) in [6.07, 6.45) is 1.96. The molecule has 0 spiro atoms. The molecule has 4 heteroatoms. The van der Waals surface area contributed by atoms with E-state index in [1.807, 2.05) is 35.2 Å². The van der Waals surface area contributed by atoms with Crippen LogP contribution < -0.4 is 4.74 Å². The molecule has 1 atom stereocenters. The fourth-order valence-corrected chi connectivity index (χ4v) is 3.04. The molecule has 1 aliphatic rings. The lowest BCUT2D eigenvalue weighted by molar-refractivity contribution is -0.0246. The van der Waals surface area contributed by atoms with Gasteiger partial charge in [-0.3, -0.25) is 4.79 Å². The summed E-state index contributed by atoms with van der Waals surface area (Å²) >= 11 is 0. The van der Waals surface area contributed by atoms with Crippen LogP contribution in [0.4, 0.5) is 0 Å². The average molecular weight is 325 g/mol. The van der Waals surface area contributed by atoms with E-state index in [1.165, 1.54) is 5.56 Å². The first-order valence-electron chi connectivity index (χ1n) is 8.36. The molecule has 0 saturated carbocycles. The Morgan fingerprint density at radius 1 is 1.17 bits per heavy atom. The number of benzene rings is 2. The van der Waals surface area contributed by atoms with E-state index < -0.39 is 0 Å². The summed E-state index contributed by atoms with van der Waals surface area (Å²) in [5.41, 5.74) is 1.91. The van der Waals surface area contributed by atoms with Crippen molar-refractivity contribution in [3.8, 4) is 5.75 Å². The van der Waals surface area contributed by atoms with Gasteiger partial charge in [0, 0.05) is 13.1 Å². The Morgan fingerprint density at radius 2 is 1.92 bits per heavy atom. The van der Waals surface area contributed by atoms with Gasteiger partial charge in [0.25, 0.3) is 5.91 Å². The minimum atomic E-state index is 0.0143. The summed E-state index contributed by atoms with van der Waals surface area (Å²) in [7, 11) is 1.59. The van der Waals surface area contributed by atoms with E-state index in [2.05, 4.69) is 24.3 Å². The summed E-state index contributed by atoms with van der Waals surface area (Å²) in [6, 6.07) is 17.7. The second-order valence-electron chi connectivity index (χ2n) is 5.97. The minimum absolute atomic E-state index is 0.0143. The molecule has 1 fully saturated rings. The fourth-order valence-electron chi connectivity index (χ4n) is 3.04. The molecule has 4 nitrogen and oxygen atoms in total. The van der Waals surface area contributed by atoms with Gasteiger partial charge in [-0.2, -0.15) is 0 Å². The monoisotopic (exact) mass is 325 g/mol. The maximum Gasteiger partial charge on any atom is 0.257 e. The zero-order chi connectivity index (χ0) is 16.8. The standard InChI is InChI=1S/C20H23NO3/c1-23-19-10-6-5-9-18(19)20(22)21-13-14-24-17(15-21)12-11-16-7-3-2-4-8-16/h2-10,17H,11-15H2,1H3. The van der Waals surface area contributed by atoms with Crippen LogP contribution in [0.2, 0.25) is 0 Å². The molecule has 0 radical (unpaired) electrons. The predicted molar refractivity (Wildman–Crippen MR) is 93.4 cm³/mol. The first kappa shape index (κ1) is 16.5. The molecular weight excluding hydrogens is 302 g/mol. The number of morpholine rings is 1. The van der Waals surface area contributed by atoms with Gasteiger partial charge in [-0.25, -0.2) is 0 Å². The van der Waals surface area contributed by atoms with Crippen LogP contribution >= 0.6 is 0 Å². The molecule has 0 aliphatic carbocycles. The van der Waals surface area contributed by atoms with E-state index >= 15 is 0 Å². The van der Waals surface area contributed by atoms with Crippen LogP contribution in [0.5, 0.6) is 5.75 Å². The second kappa shape index (κ2) is 7.97. The maximum absolute atomic E-state index is 12.8. The first-order chi connectivity index (χ1) is 11.8. The molecule has 0 aromatic heterocycles. The van der Waals surface area contributed by atoms with E-state index in [0.717, 1.165) is 12.8 Å². The normalized spacial score (nSPS) is 17.5. The van der Waals surface area contributed by atoms with Crippen LogP contribution in [0.25, 0.3) is 0 Å². The SMILES string of the molecule is COc1ccccc1C(=O)N1CCOC(CCc2ccccc2)C1. The molecule has 0 bridgehead atoms. The number of carbonyl (C=O) groups excluding carboxylic acids is 1. The third-order valence-electron chi connectivity index (χ3n) is 4.36. The third-order valence-corrected chi connectivity index (χ3v) is 4.36. The lowest BCUT2D eigenvalue weighted by Crippen LogP contribution is -2.45. The molecule has 2 aromatic rings. The first-order valence-corrected chi connectivity index (χ1v) is 8.36. The van der Waals surface area contributed by atoms with E-state index in [0.29, 0.717) is 31.0 Å². The Kier molecular flexibility index (Phi) is 5.49. The summed E-state index contributed by atoms with van der Waals surface area (Å²) < 4.78 is 11.2. The molecule has 0 N–H and O–H groups in total. The summed E-state index contributed by atoms with van der Waals surface area (Å²) in [5, 5.41) is 0. The number of rotatable bonds is 5. The van der Waals surface area contributed by atoms with Gasteiger partial charge in [0.2, 0.25) is 0 Å². The van der Waals surface area contributed by atoms with Crippen molar-refractivity contribution < 1.29 is 14.3 Å². The molecule has 24 heavy (non-hydrogen) atoms. The lowest BCUT2D eigenvalue weighted by Gasteiger charge is -2.33. The number of amides is 1. The highest BCUT2D eigenvalue weighted by Crippen LogP contribution is 2.21. The molecule has 1 aliphatic heterocycles. The van der Waals surface area contributed by atoms with Crippen molar-refractivity contribution in [2.75, 3.05) is 26.8 Å². The predicted octanol–water partition coefficient (Wildman–Crippen LogP) is 3.17. The van der Waals surface area contributed by atoms with Crippen molar-refractivity contribution in [1.82, 2.24) is 4.90 Å². The lowest BCUT2D eigenvalue weighted by atomic mass is 10.1. The highest BCUT2D eigenvalue weighted by atomic mass is 16.5. The highest BCUT2D eigenvalue weighted by molar-refractivity contribution is 5.97. The van der Waals surface area contributed by atoms with Gasteiger partial charge in [-0.05, 0) is 30.5 Å². The number of ether oxygens (including phenoxy) is 2. The Labute approximate surface area is 143 Å². The van der Waals surface area contributed by atoms with Gasteiger partial charge in [0.05, 0.1) is 25.4 Å². The van der Waals surface area contributed by atoms with Gasteiger partial charge in [0.15, 0.2) is 0 Å². The number of hydrogen-bond acceptors (Lipinski definition) is 3. The number of methoxy groups -OCH3 is 1. The Bertz CT molecular complexity index is 672. The van der Waals surface area contributed by atoms with Crippen LogP contribution in [0.15, 0.2) is 54.6 Å². The Balaban J connectivity index is 1.61. The van der Waals surface area contributed by atoms with Crippen LogP contribution in [-0.4, -0.2) is 43.7 Å². The van der Waals surface area contributed by atoms with Crippen molar-refractivity contribution in [2.24, 2.45) is 0 Å². The number of nitrogens with zero attached hydrogens (tertiary/aromatic N) is 1. The van der Waals surface area contributed by atoms with E-state index in [-0.39, 0.29) is 12.0 Å². The van der Waals surface area contributed by atoms with Crippen molar-refractivity contribution in [1.29, 1.82) is 0 Å². The average Bonchev–Trinajstić information content (AvgIpc) is 2.67. The summed E-state index contributed by atoms with van der Waals surface area (Å²) in [4.78, 5) is 14.7. The molecule has 126 valence electrons. The number of carbonyl (C=O) groups is 1. The van der Waals surface area contributed by atoms with Gasteiger partial charge in [-0.1, -0.05) is 42.5 Å². The smallest absolute Gasteiger partial charge is 0.257 e. The van der Waals surface area contributed by atoms with Crippen LogP contribution in [0.3, 0.4) is 0 Å². The number of hydrogen-bond donors (Lipinski definition) is 0. The van der Waals surface area contributed by atoms with Gasteiger partial charge in [0.1, 0.15) is 5.75 Å². The van der Waals surface area contributed by atoms with Crippen LogP contribution in [-0.2, 0) is 11.2 Å². The van der Waals surface area contributed by atoms with Crippen molar-refractivity contribution >= 4 is 5.91 Å². The summed E-state index contributed by atoms with van der Waals surface area (Å²) in [6.45, 7) is 1.84. The molecule has 1 unspecified atom stereocenters. The van der Waals surface area contributed by atoms with Gasteiger partial charge in [-0.15, -0.1) is 0 Å². The molecule has 2 aromatic carbocycles. The fraction of sp³-hybridized carbons (Fsp3) is 0.350. The largest absolute Gasteiger partial charge is 0.496 e. The minimum Gasteiger partial charge on any atom is -0.496 e. The molecule has 1 amide bonds. The number of para-hydroxylation sites is 1. The molecular formula is C20H23NO3. The Hall–Kier alpha value is -2.33. The van der Waals surface area contributed by atoms with E-state index in [9.17, 15) is 4.79 Å². The van der Waals surface area contributed by atoms with Crippen molar-refractivity contribution in [3.05, 3.63) is 65.7 Å². The quantitative estimate of drug-likeness (QED) is 0.847. The van der Waals surface area contributed by atoms with Crippen molar-refractivity contribution in [3.63, 3.8) is 0 Å². The highest BCUT2D eigenvalue weighted by Gasteiger charge is 2.26. The number of aryl methyl sites for hydroxylation is 1. The summed E-state index contributed by atoms with van der Waals surface area (Å²) in [5.74, 6) is 0.635. The topological polar surface area (TPSA) is 38.8 Å². The van der Waals surface area contributed by atoms with Crippen LogP contribution in [0.1, 0.15) is 22.3 Å². The zero-order valence-corrected chi connectivity index (χ0v) is 14.0. The third kappa shape index (κ3) is 3.95. The van der Waals surface area contributed by atoms with Gasteiger partial charge < -0.3 is 14.4 Å².